The Morgan fingerprint density at radius 3 is 2.50 bits per heavy atom. The number of amides is 1. The maximum atomic E-state index is 12.7. The highest BCUT2D eigenvalue weighted by Gasteiger charge is 2.25. The minimum absolute atomic E-state index is 0.275. The van der Waals surface area contributed by atoms with E-state index in [2.05, 4.69) is 31.3 Å². The van der Waals surface area contributed by atoms with E-state index in [0.29, 0.717) is 16.5 Å². The van der Waals surface area contributed by atoms with Gasteiger partial charge in [-0.2, -0.15) is 0 Å². The van der Waals surface area contributed by atoms with Crippen molar-refractivity contribution in [2.45, 2.75) is 33.6 Å². The van der Waals surface area contributed by atoms with Gasteiger partial charge in [-0.15, -0.1) is 22.7 Å². The molecular weight excluding hydrogens is 414 g/mol. The van der Waals surface area contributed by atoms with Crippen LogP contribution in [0.5, 0.6) is 0 Å². The molecule has 1 aromatic carbocycles. The van der Waals surface area contributed by atoms with Crippen LogP contribution in [0.15, 0.2) is 47.9 Å². The lowest BCUT2D eigenvalue weighted by Gasteiger charge is -2.07. The standard InChI is InChI=1S/C24H25NO3S2/c1-5-28-24(27)22-21(19-7-6-14-29-19)16(4)30-23(22)25-20(26)13-10-17-8-11-18(12-9-17)15(2)3/h6-15H,5H2,1-4H3,(H,25,26)/b13-10+. The first-order valence-electron chi connectivity index (χ1n) is 9.84. The average Bonchev–Trinajstić information content (AvgIpc) is 3.34. The van der Waals surface area contributed by atoms with Crippen LogP contribution in [0.1, 0.15) is 53.1 Å². The molecule has 0 aliphatic carbocycles. The van der Waals surface area contributed by atoms with Gasteiger partial charge in [0.2, 0.25) is 5.91 Å². The second-order valence-corrected chi connectivity index (χ2v) is 9.25. The highest BCUT2D eigenvalue weighted by Crippen LogP contribution is 2.42. The number of esters is 1. The van der Waals surface area contributed by atoms with Gasteiger partial charge >= 0.3 is 5.97 Å². The molecule has 156 valence electrons. The zero-order valence-corrected chi connectivity index (χ0v) is 19.2. The summed E-state index contributed by atoms with van der Waals surface area (Å²) in [4.78, 5) is 27.2. The third-order valence-electron chi connectivity index (χ3n) is 4.60. The van der Waals surface area contributed by atoms with E-state index in [1.54, 1.807) is 24.3 Å². The quantitative estimate of drug-likeness (QED) is 0.328. The average molecular weight is 440 g/mol. The zero-order valence-electron chi connectivity index (χ0n) is 17.5. The highest BCUT2D eigenvalue weighted by atomic mass is 32.1. The molecule has 0 aliphatic heterocycles. The van der Waals surface area contributed by atoms with E-state index in [-0.39, 0.29) is 12.5 Å². The molecule has 1 amide bonds. The number of rotatable bonds is 7. The lowest BCUT2D eigenvalue weighted by molar-refractivity contribution is -0.111. The number of benzene rings is 1. The molecule has 0 saturated heterocycles. The number of carbonyl (C=O) groups is 2. The SMILES string of the molecule is CCOC(=O)c1c(NC(=O)/C=C/c2ccc(C(C)C)cc2)sc(C)c1-c1cccs1. The van der Waals surface area contributed by atoms with Crippen molar-refractivity contribution in [1.82, 2.24) is 0 Å². The van der Waals surface area contributed by atoms with Crippen molar-refractivity contribution in [3.05, 3.63) is 69.4 Å². The van der Waals surface area contributed by atoms with E-state index in [9.17, 15) is 9.59 Å². The second-order valence-electron chi connectivity index (χ2n) is 7.08. The van der Waals surface area contributed by atoms with E-state index in [1.165, 1.54) is 23.0 Å². The summed E-state index contributed by atoms with van der Waals surface area (Å²) < 4.78 is 5.27. The van der Waals surface area contributed by atoms with Gasteiger partial charge in [-0.25, -0.2) is 4.79 Å². The molecule has 0 unspecified atom stereocenters. The molecule has 4 nitrogen and oxygen atoms in total. The summed E-state index contributed by atoms with van der Waals surface area (Å²) in [7, 11) is 0. The van der Waals surface area contributed by atoms with Crippen LogP contribution in [0.2, 0.25) is 0 Å². The van der Waals surface area contributed by atoms with Gasteiger partial charge < -0.3 is 10.1 Å². The van der Waals surface area contributed by atoms with Crippen LogP contribution in [0.25, 0.3) is 16.5 Å². The van der Waals surface area contributed by atoms with Crippen molar-refractivity contribution in [2.75, 3.05) is 11.9 Å². The molecule has 0 fully saturated rings. The first-order chi connectivity index (χ1) is 14.4. The van der Waals surface area contributed by atoms with E-state index in [4.69, 9.17) is 4.74 Å². The van der Waals surface area contributed by atoms with Crippen molar-refractivity contribution in [3.8, 4) is 10.4 Å². The van der Waals surface area contributed by atoms with Crippen LogP contribution in [-0.2, 0) is 9.53 Å². The Morgan fingerprint density at radius 2 is 1.90 bits per heavy atom. The number of aryl methyl sites for hydroxylation is 1. The Balaban J connectivity index is 1.84. The van der Waals surface area contributed by atoms with Gasteiger partial charge in [-0.05, 0) is 48.4 Å². The molecule has 3 aromatic rings. The minimum Gasteiger partial charge on any atom is -0.462 e. The number of thiophene rings is 2. The summed E-state index contributed by atoms with van der Waals surface area (Å²) in [6, 6.07) is 12.0. The van der Waals surface area contributed by atoms with Crippen molar-refractivity contribution in [1.29, 1.82) is 0 Å². The fourth-order valence-electron chi connectivity index (χ4n) is 3.07. The van der Waals surface area contributed by atoms with Crippen LogP contribution >= 0.6 is 22.7 Å². The van der Waals surface area contributed by atoms with Crippen LogP contribution in [0.3, 0.4) is 0 Å². The molecule has 2 aromatic heterocycles. The maximum absolute atomic E-state index is 12.7. The highest BCUT2D eigenvalue weighted by molar-refractivity contribution is 7.18. The first kappa shape index (κ1) is 22.0. The summed E-state index contributed by atoms with van der Waals surface area (Å²) in [6.45, 7) is 8.29. The Labute approximate surface area is 185 Å². The molecule has 0 saturated carbocycles. The Morgan fingerprint density at radius 1 is 1.17 bits per heavy atom. The number of nitrogens with one attached hydrogen (secondary N) is 1. The van der Waals surface area contributed by atoms with Gasteiger partial charge in [0.25, 0.3) is 0 Å². The van der Waals surface area contributed by atoms with Crippen LogP contribution < -0.4 is 5.32 Å². The van der Waals surface area contributed by atoms with Gasteiger partial charge in [-0.1, -0.05) is 44.2 Å². The molecule has 0 radical (unpaired) electrons. The fourth-order valence-corrected chi connectivity index (χ4v) is 5.02. The van der Waals surface area contributed by atoms with Gasteiger partial charge in [0.05, 0.1) is 6.61 Å². The zero-order chi connectivity index (χ0) is 21.7. The van der Waals surface area contributed by atoms with E-state index in [0.717, 1.165) is 20.9 Å². The van der Waals surface area contributed by atoms with Gasteiger partial charge in [0, 0.05) is 21.4 Å². The van der Waals surface area contributed by atoms with Crippen LogP contribution in [-0.4, -0.2) is 18.5 Å². The predicted octanol–water partition coefficient (Wildman–Crippen LogP) is 6.74. The van der Waals surface area contributed by atoms with Crippen molar-refractivity contribution in [2.24, 2.45) is 0 Å². The second kappa shape index (κ2) is 9.87. The topological polar surface area (TPSA) is 55.4 Å². The van der Waals surface area contributed by atoms with Crippen molar-refractivity contribution < 1.29 is 14.3 Å². The maximum Gasteiger partial charge on any atom is 0.341 e. The Kier molecular flexibility index (Phi) is 7.24. The first-order valence-corrected chi connectivity index (χ1v) is 11.5. The Bertz CT molecular complexity index is 1050. The molecule has 0 bridgehead atoms. The monoisotopic (exact) mass is 439 g/mol. The lowest BCUT2D eigenvalue weighted by atomic mass is 10.0. The minimum atomic E-state index is -0.422. The summed E-state index contributed by atoms with van der Waals surface area (Å²) >= 11 is 2.94. The number of hydrogen-bond acceptors (Lipinski definition) is 5. The molecule has 0 spiro atoms. The lowest BCUT2D eigenvalue weighted by Crippen LogP contribution is -2.12. The molecule has 1 N–H and O–H groups in total. The van der Waals surface area contributed by atoms with Gasteiger partial charge in [0.1, 0.15) is 10.6 Å². The number of carbonyl (C=O) groups excluding carboxylic acids is 2. The molecule has 0 atom stereocenters. The molecular formula is C24H25NO3S2. The Hall–Kier alpha value is -2.70. The normalized spacial score (nSPS) is 11.2. The predicted molar refractivity (Wildman–Crippen MR) is 127 cm³/mol. The number of hydrogen-bond donors (Lipinski definition) is 1. The number of ether oxygens (including phenoxy) is 1. The molecule has 30 heavy (non-hydrogen) atoms. The summed E-state index contributed by atoms with van der Waals surface area (Å²) in [5, 5.41) is 5.35. The van der Waals surface area contributed by atoms with Gasteiger partial charge in [-0.3, -0.25) is 4.79 Å². The molecule has 6 heteroatoms. The van der Waals surface area contributed by atoms with E-state index >= 15 is 0 Å². The van der Waals surface area contributed by atoms with E-state index in [1.807, 2.05) is 36.6 Å². The molecule has 3 rings (SSSR count). The largest absolute Gasteiger partial charge is 0.462 e. The third kappa shape index (κ3) is 5.07. The molecule has 2 heterocycles. The van der Waals surface area contributed by atoms with E-state index < -0.39 is 5.97 Å². The summed E-state index contributed by atoms with van der Waals surface area (Å²) in [5.41, 5.74) is 3.45. The van der Waals surface area contributed by atoms with Crippen molar-refractivity contribution >= 4 is 45.6 Å². The van der Waals surface area contributed by atoms with Crippen LogP contribution in [0, 0.1) is 6.92 Å². The molecule has 0 aliphatic rings. The van der Waals surface area contributed by atoms with Crippen molar-refractivity contribution in [3.63, 3.8) is 0 Å². The van der Waals surface area contributed by atoms with Gasteiger partial charge in [0.15, 0.2) is 0 Å². The summed E-state index contributed by atoms with van der Waals surface area (Å²) in [6.07, 6.45) is 3.25. The fraction of sp³-hybridized carbons (Fsp3) is 0.250. The third-order valence-corrected chi connectivity index (χ3v) is 6.51. The smallest absolute Gasteiger partial charge is 0.341 e. The number of anilines is 1. The van der Waals surface area contributed by atoms with Crippen LogP contribution in [0.4, 0.5) is 5.00 Å². The summed E-state index contributed by atoms with van der Waals surface area (Å²) in [5.74, 6) is -0.242.